The minimum Gasteiger partial charge on any atom is -0.480 e. The van der Waals surface area contributed by atoms with E-state index in [0.29, 0.717) is 25.2 Å². The van der Waals surface area contributed by atoms with Crippen molar-refractivity contribution in [3.8, 4) is 0 Å². The van der Waals surface area contributed by atoms with Gasteiger partial charge in [-0.2, -0.15) is 0 Å². The summed E-state index contributed by atoms with van der Waals surface area (Å²) in [5.74, 6) is -0.460. The lowest BCUT2D eigenvalue weighted by molar-refractivity contribution is -0.147. The van der Waals surface area contributed by atoms with Crippen molar-refractivity contribution >= 4 is 11.9 Å². The van der Waals surface area contributed by atoms with E-state index in [9.17, 15) is 14.7 Å². The fourth-order valence-corrected chi connectivity index (χ4v) is 3.17. The van der Waals surface area contributed by atoms with Gasteiger partial charge in [0.05, 0.1) is 0 Å². The number of nitrogens with one attached hydrogen (secondary N) is 1. The number of amides is 1. The minimum absolute atomic E-state index is 0.0683. The first-order valence-corrected chi connectivity index (χ1v) is 6.67. The van der Waals surface area contributed by atoms with Crippen LogP contribution in [0.1, 0.15) is 57.8 Å². The number of carboxylic acids is 1. The molecule has 4 nitrogen and oxygen atoms in total. The Kier molecular flexibility index (Phi) is 3.69. The van der Waals surface area contributed by atoms with Gasteiger partial charge in [-0.1, -0.05) is 25.7 Å². The summed E-state index contributed by atoms with van der Waals surface area (Å²) in [5, 5.41) is 12.0. The summed E-state index contributed by atoms with van der Waals surface area (Å²) in [4.78, 5) is 23.2. The molecule has 0 spiro atoms. The summed E-state index contributed by atoms with van der Waals surface area (Å²) in [6.07, 6.45) is 8.13. The molecule has 2 rings (SSSR count). The maximum atomic E-state index is 11.9. The van der Waals surface area contributed by atoms with Gasteiger partial charge >= 0.3 is 5.97 Å². The van der Waals surface area contributed by atoms with Crippen LogP contribution >= 0.6 is 0 Å². The summed E-state index contributed by atoms with van der Waals surface area (Å²) in [6, 6.07) is 0. The highest BCUT2D eigenvalue weighted by Crippen LogP contribution is 2.31. The quantitative estimate of drug-likeness (QED) is 0.789. The summed E-state index contributed by atoms with van der Waals surface area (Å²) >= 11 is 0. The number of carbonyl (C=O) groups excluding carboxylic acids is 1. The average molecular weight is 239 g/mol. The molecule has 0 aliphatic heterocycles. The second-order valence-corrected chi connectivity index (χ2v) is 5.50. The zero-order chi connectivity index (χ0) is 12.3. The van der Waals surface area contributed by atoms with E-state index in [1.165, 1.54) is 12.8 Å². The van der Waals surface area contributed by atoms with Crippen LogP contribution in [-0.2, 0) is 9.59 Å². The summed E-state index contributed by atoms with van der Waals surface area (Å²) in [6.45, 7) is 0. The highest BCUT2D eigenvalue weighted by molar-refractivity contribution is 5.87. The van der Waals surface area contributed by atoms with Crippen molar-refractivity contribution in [2.24, 2.45) is 5.92 Å². The highest BCUT2D eigenvalue weighted by Gasteiger charge is 2.42. The van der Waals surface area contributed by atoms with E-state index in [2.05, 4.69) is 5.32 Å². The second-order valence-electron chi connectivity index (χ2n) is 5.50. The van der Waals surface area contributed by atoms with Gasteiger partial charge in [0, 0.05) is 6.42 Å². The van der Waals surface area contributed by atoms with Crippen LogP contribution in [0, 0.1) is 5.92 Å². The van der Waals surface area contributed by atoms with Crippen molar-refractivity contribution < 1.29 is 14.7 Å². The van der Waals surface area contributed by atoms with Gasteiger partial charge in [-0.25, -0.2) is 4.79 Å². The molecule has 0 aromatic carbocycles. The van der Waals surface area contributed by atoms with Crippen molar-refractivity contribution in [1.29, 1.82) is 0 Å². The number of hydrogen-bond acceptors (Lipinski definition) is 2. The molecule has 2 N–H and O–H groups in total. The molecular formula is C13H21NO3. The molecule has 2 saturated carbocycles. The average Bonchev–Trinajstić information content (AvgIpc) is 2.89. The van der Waals surface area contributed by atoms with E-state index in [4.69, 9.17) is 0 Å². The molecule has 0 aromatic heterocycles. The van der Waals surface area contributed by atoms with Crippen LogP contribution in [0.2, 0.25) is 0 Å². The van der Waals surface area contributed by atoms with Crippen LogP contribution in [0.15, 0.2) is 0 Å². The lowest BCUT2D eigenvalue weighted by atomic mass is 9.96. The third-order valence-electron chi connectivity index (χ3n) is 4.19. The van der Waals surface area contributed by atoms with Gasteiger partial charge in [-0.15, -0.1) is 0 Å². The van der Waals surface area contributed by atoms with Gasteiger partial charge in [0.15, 0.2) is 0 Å². The van der Waals surface area contributed by atoms with Gasteiger partial charge in [-0.3, -0.25) is 4.79 Å². The number of hydrogen-bond donors (Lipinski definition) is 2. The first-order chi connectivity index (χ1) is 8.12. The molecule has 2 aliphatic rings. The Labute approximate surface area is 102 Å². The number of aliphatic carboxylic acids is 1. The molecule has 96 valence electrons. The molecule has 2 aliphatic carbocycles. The van der Waals surface area contributed by atoms with Crippen LogP contribution in [0.25, 0.3) is 0 Å². The zero-order valence-corrected chi connectivity index (χ0v) is 10.2. The van der Waals surface area contributed by atoms with Gasteiger partial charge in [0.25, 0.3) is 0 Å². The number of carboxylic acid groups (broad SMARTS) is 1. The van der Waals surface area contributed by atoms with E-state index < -0.39 is 11.5 Å². The van der Waals surface area contributed by atoms with Crippen LogP contribution in [-0.4, -0.2) is 22.5 Å². The van der Waals surface area contributed by atoms with Gasteiger partial charge in [0.2, 0.25) is 5.91 Å². The van der Waals surface area contributed by atoms with Crippen LogP contribution < -0.4 is 5.32 Å². The van der Waals surface area contributed by atoms with Crippen LogP contribution in [0.3, 0.4) is 0 Å². The number of rotatable bonds is 4. The normalized spacial score (nSPS) is 23.8. The van der Waals surface area contributed by atoms with E-state index >= 15 is 0 Å². The van der Waals surface area contributed by atoms with Gasteiger partial charge in [0.1, 0.15) is 5.54 Å². The predicted octanol–water partition coefficient (Wildman–Crippen LogP) is 2.08. The van der Waals surface area contributed by atoms with E-state index in [1.54, 1.807) is 0 Å². The highest BCUT2D eigenvalue weighted by atomic mass is 16.4. The molecule has 4 heteroatoms. The summed E-state index contributed by atoms with van der Waals surface area (Å²) < 4.78 is 0. The van der Waals surface area contributed by atoms with Crippen molar-refractivity contribution in [3.63, 3.8) is 0 Å². The fraction of sp³-hybridized carbons (Fsp3) is 0.846. The van der Waals surface area contributed by atoms with E-state index in [0.717, 1.165) is 25.7 Å². The minimum atomic E-state index is -0.963. The SMILES string of the molecule is O=C(CC1CCCC1)NC1(C(=O)O)CCCC1. The van der Waals surface area contributed by atoms with Gasteiger partial charge in [-0.05, 0) is 31.6 Å². The van der Waals surface area contributed by atoms with Crippen molar-refractivity contribution in [3.05, 3.63) is 0 Å². The molecule has 0 unspecified atom stereocenters. The molecule has 0 aromatic rings. The third-order valence-corrected chi connectivity index (χ3v) is 4.19. The Morgan fingerprint density at radius 1 is 1.12 bits per heavy atom. The van der Waals surface area contributed by atoms with Crippen molar-refractivity contribution in [1.82, 2.24) is 5.32 Å². The molecule has 17 heavy (non-hydrogen) atoms. The molecule has 1 amide bonds. The molecular weight excluding hydrogens is 218 g/mol. The Balaban J connectivity index is 1.89. The number of carbonyl (C=O) groups is 2. The topological polar surface area (TPSA) is 66.4 Å². The first-order valence-electron chi connectivity index (χ1n) is 6.67. The monoisotopic (exact) mass is 239 g/mol. The standard InChI is InChI=1S/C13H21NO3/c15-11(9-10-5-1-2-6-10)14-13(12(16)17)7-3-4-8-13/h10H,1-9H2,(H,14,15)(H,16,17). The zero-order valence-electron chi connectivity index (χ0n) is 10.2. The Bertz CT molecular complexity index is 302. The molecule has 0 heterocycles. The molecule has 0 atom stereocenters. The van der Waals surface area contributed by atoms with Crippen molar-refractivity contribution in [2.45, 2.75) is 63.3 Å². The lowest BCUT2D eigenvalue weighted by Gasteiger charge is -2.26. The summed E-state index contributed by atoms with van der Waals surface area (Å²) in [7, 11) is 0. The molecule has 0 saturated heterocycles. The third kappa shape index (κ3) is 2.79. The van der Waals surface area contributed by atoms with Gasteiger partial charge < -0.3 is 10.4 Å². The Hall–Kier alpha value is -1.06. The molecule has 2 fully saturated rings. The van der Waals surface area contributed by atoms with Crippen molar-refractivity contribution in [2.75, 3.05) is 0 Å². The smallest absolute Gasteiger partial charge is 0.329 e. The van der Waals surface area contributed by atoms with E-state index in [1.807, 2.05) is 0 Å². The summed E-state index contributed by atoms with van der Waals surface area (Å²) in [5.41, 5.74) is -0.963. The fourth-order valence-electron chi connectivity index (χ4n) is 3.17. The largest absolute Gasteiger partial charge is 0.480 e. The lowest BCUT2D eigenvalue weighted by Crippen LogP contribution is -2.52. The Morgan fingerprint density at radius 2 is 1.71 bits per heavy atom. The van der Waals surface area contributed by atoms with Crippen LogP contribution in [0.4, 0.5) is 0 Å². The van der Waals surface area contributed by atoms with Crippen LogP contribution in [0.5, 0.6) is 0 Å². The predicted molar refractivity (Wildman–Crippen MR) is 63.6 cm³/mol. The molecule has 0 bridgehead atoms. The maximum absolute atomic E-state index is 11.9. The van der Waals surface area contributed by atoms with E-state index in [-0.39, 0.29) is 5.91 Å². The maximum Gasteiger partial charge on any atom is 0.329 e. The second kappa shape index (κ2) is 5.07. The Morgan fingerprint density at radius 3 is 2.24 bits per heavy atom. The molecule has 0 radical (unpaired) electrons. The first kappa shape index (κ1) is 12.4.